The second-order valence-electron chi connectivity index (χ2n) is 7.51. The maximum absolute atomic E-state index is 11.1. The molecule has 0 heterocycles. The quantitative estimate of drug-likeness (QED) is 0.197. The van der Waals surface area contributed by atoms with Crippen LogP contribution in [0.3, 0.4) is 0 Å². The van der Waals surface area contributed by atoms with Crippen molar-refractivity contribution >= 4 is 5.97 Å². The molecule has 0 aromatic rings. The Hall–Kier alpha value is -0.790. The number of unbranched alkanes of at least 4 members (excludes halogenated alkanes) is 8. The number of carbonyl (C=O) groups is 1. The number of methoxy groups -OCH3 is 1. The van der Waals surface area contributed by atoms with Crippen LogP contribution in [-0.2, 0) is 9.53 Å². The Morgan fingerprint density at radius 2 is 1.75 bits per heavy atom. The van der Waals surface area contributed by atoms with Crippen molar-refractivity contribution in [2.75, 3.05) is 7.11 Å². The van der Waals surface area contributed by atoms with E-state index in [1.54, 1.807) is 0 Å². The summed E-state index contributed by atoms with van der Waals surface area (Å²) in [6, 6.07) is 0. The molecule has 0 aromatic heterocycles. The molecule has 2 nitrogen and oxygen atoms in total. The van der Waals surface area contributed by atoms with Crippen LogP contribution in [0.5, 0.6) is 0 Å². The third-order valence-corrected chi connectivity index (χ3v) is 5.51. The van der Waals surface area contributed by atoms with Crippen molar-refractivity contribution in [1.82, 2.24) is 0 Å². The topological polar surface area (TPSA) is 26.3 Å². The molecule has 0 spiro atoms. The molecule has 2 atom stereocenters. The van der Waals surface area contributed by atoms with Gasteiger partial charge in [-0.25, -0.2) is 0 Å². The summed E-state index contributed by atoms with van der Waals surface area (Å²) in [5.41, 5.74) is 0. The summed E-state index contributed by atoms with van der Waals surface area (Å²) in [5.74, 6) is 1.70. The number of allylic oxidation sites excluding steroid dienone is 2. The van der Waals surface area contributed by atoms with Crippen molar-refractivity contribution in [1.29, 1.82) is 0 Å². The monoisotopic (exact) mass is 336 g/mol. The molecular weight excluding hydrogens is 296 g/mol. The van der Waals surface area contributed by atoms with Gasteiger partial charge in [0.15, 0.2) is 0 Å². The smallest absolute Gasteiger partial charge is 0.305 e. The van der Waals surface area contributed by atoms with Crippen molar-refractivity contribution in [3.63, 3.8) is 0 Å². The molecule has 0 saturated heterocycles. The van der Waals surface area contributed by atoms with Gasteiger partial charge in [-0.05, 0) is 50.4 Å². The molecule has 0 radical (unpaired) electrons. The van der Waals surface area contributed by atoms with E-state index in [-0.39, 0.29) is 5.97 Å². The van der Waals surface area contributed by atoms with E-state index >= 15 is 0 Å². The molecule has 0 aromatic carbocycles. The molecule has 2 heteroatoms. The first-order valence-corrected chi connectivity index (χ1v) is 10.5. The molecule has 1 fully saturated rings. The molecule has 1 rings (SSSR count). The minimum Gasteiger partial charge on any atom is -0.469 e. The van der Waals surface area contributed by atoms with Gasteiger partial charge in [-0.15, -0.1) is 0 Å². The van der Waals surface area contributed by atoms with E-state index in [1.807, 2.05) is 0 Å². The minimum atomic E-state index is -0.0642. The molecule has 1 aliphatic rings. The molecule has 1 saturated carbocycles. The van der Waals surface area contributed by atoms with Gasteiger partial charge in [0, 0.05) is 6.42 Å². The number of hydrogen-bond acceptors (Lipinski definition) is 2. The second-order valence-corrected chi connectivity index (χ2v) is 7.51. The lowest BCUT2D eigenvalue weighted by atomic mass is 9.90. The number of ether oxygens (including phenoxy) is 1. The van der Waals surface area contributed by atoms with Crippen molar-refractivity contribution in [3.8, 4) is 0 Å². The van der Waals surface area contributed by atoms with Crippen LogP contribution in [0, 0.1) is 11.8 Å². The van der Waals surface area contributed by atoms with Gasteiger partial charge in [0.25, 0.3) is 0 Å². The highest BCUT2D eigenvalue weighted by Gasteiger charge is 2.24. The van der Waals surface area contributed by atoms with Crippen LogP contribution in [0.1, 0.15) is 103 Å². The Kier molecular flexibility index (Phi) is 12.9. The summed E-state index contributed by atoms with van der Waals surface area (Å²) in [4.78, 5) is 11.1. The lowest BCUT2D eigenvalue weighted by Gasteiger charge is -2.16. The average molecular weight is 337 g/mol. The van der Waals surface area contributed by atoms with E-state index in [0.717, 1.165) is 18.3 Å². The fourth-order valence-electron chi connectivity index (χ4n) is 3.95. The third-order valence-electron chi connectivity index (χ3n) is 5.51. The summed E-state index contributed by atoms with van der Waals surface area (Å²) < 4.78 is 4.68. The van der Waals surface area contributed by atoms with Crippen molar-refractivity contribution in [2.24, 2.45) is 11.8 Å². The van der Waals surface area contributed by atoms with Crippen molar-refractivity contribution in [3.05, 3.63) is 12.2 Å². The normalized spacial score (nSPS) is 20.8. The first-order valence-electron chi connectivity index (χ1n) is 10.5. The zero-order valence-corrected chi connectivity index (χ0v) is 16.2. The molecular formula is C22H40O2. The number of rotatable bonds is 14. The fourth-order valence-corrected chi connectivity index (χ4v) is 3.95. The Morgan fingerprint density at radius 1 is 1.00 bits per heavy atom. The lowest BCUT2D eigenvalue weighted by molar-refractivity contribution is -0.140. The van der Waals surface area contributed by atoms with Crippen LogP contribution in [0.2, 0.25) is 0 Å². The van der Waals surface area contributed by atoms with Gasteiger partial charge < -0.3 is 4.74 Å². The summed E-state index contributed by atoms with van der Waals surface area (Å²) in [5, 5.41) is 0. The number of hydrogen-bond donors (Lipinski definition) is 0. The van der Waals surface area contributed by atoms with Gasteiger partial charge in [-0.3, -0.25) is 4.79 Å². The molecule has 0 N–H and O–H groups in total. The maximum atomic E-state index is 11.1. The molecule has 0 aliphatic heterocycles. The van der Waals surface area contributed by atoms with E-state index in [4.69, 9.17) is 0 Å². The molecule has 24 heavy (non-hydrogen) atoms. The Labute approximate surface area is 150 Å². The van der Waals surface area contributed by atoms with E-state index < -0.39 is 0 Å². The first-order chi connectivity index (χ1) is 11.8. The standard InChI is InChI=1S/C22H40O2/c1-3-4-5-6-7-8-11-15-20-17-14-18-21(20)16-12-9-10-13-19-22(23)24-2/h11,15,20-21H,3-10,12-14,16-19H2,1-2H3/b15-11+/t20?,21-/m0/s1. The third kappa shape index (κ3) is 10.2. The van der Waals surface area contributed by atoms with Crippen molar-refractivity contribution in [2.45, 2.75) is 103 Å². The fraction of sp³-hybridized carbons (Fsp3) is 0.864. The summed E-state index contributed by atoms with van der Waals surface area (Å²) in [6.07, 6.45) is 24.1. The molecule has 0 amide bonds. The van der Waals surface area contributed by atoms with E-state index in [0.29, 0.717) is 6.42 Å². The highest BCUT2D eigenvalue weighted by molar-refractivity contribution is 5.68. The molecule has 1 aliphatic carbocycles. The zero-order valence-electron chi connectivity index (χ0n) is 16.2. The second kappa shape index (κ2) is 14.5. The van der Waals surface area contributed by atoms with Gasteiger partial charge in [-0.1, -0.05) is 70.4 Å². The van der Waals surface area contributed by atoms with E-state index in [9.17, 15) is 4.79 Å². The summed E-state index contributed by atoms with van der Waals surface area (Å²) in [6.45, 7) is 2.28. The van der Waals surface area contributed by atoms with Crippen LogP contribution in [-0.4, -0.2) is 13.1 Å². The predicted octanol–water partition coefficient (Wildman–Crippen LogP) is 6.83. The number of carbonyl (C=O) groups excluding carboxylic acids is 1. The Balaban J connectivity index is 2.04. The molecule has 140 valence electrons. The first kappa shape index (κ1) is 21.3. The average Bonchev–Trinajstić information content (AvgIpc) is 3.04. The van der Waals surface area contributed by atoms with Gasteiger partial charge in [0.1, 0.15) is 0 Å². The Morgan fingerprint density at radius 3 is 2.54 bits per heavy atom. The van der Waals surface area contributed by atoms with Gasteiger partial charge in [-0.2, -0.15) is 0 Å². The SMILES string of the molecule is CCCCCCC/C=C/C1CCC[C@@H]1CCCCCCC(=O)OC. The van der Waals surface area contributed by atoms with Crippen LogP contribution < -0.4 is 0 Å². The highest BCUT2D eigenvalue weighted by Crippen LogP contribution is 2.36. The maximum Gasteiger partial charge on any atom is 0.305 e. The molecule has 1 unspecified atom stereocenters. The predicted molar refractivity (Wildman–Crippen MR) is 103 cm³/mol. The lowest BCUT2D eigenvalue weighted by Crippen LogP contribution is -2.05. The largest absolute Gasteiger partial charge is 0.469 e. The van der Waals surface area contributed by atoms with Crippen LogP contribution in [0.15, 0.2) is 12.2 Å². The van der Waals surface area contributed by atoms with Gasteiger partial charge in [0.2, 0.25) is 0 Å². The minimum absolute atomic E-state index is 0.0642. The van der Waals surface area contributed by atoms with Crippen LogP contribution in [0.4, 0.5) is 0 Å². The summed E-state index contributed by atoms with van der Waals surface area (Å²) >= 11 is 0. The highest BCUT2D eigenvalue weighted by atomic mass is 16.5. The molecule has 0 bridgehead atoms. The summed E-state index contributed by atoms with van der Waals surface area (Å²) in [7, 11) is 1.47. The Bertz CT molecular complexity index is 335. The van der Waals surface area contributed by atoms with Crippen molar-refractivity contribution < 1.29 is 9.53 Å². The zero-order chi connectivity index (χ0) is 17.5. The van der Waals surface area contributed by atoms with Crippen LogP contribution in [0.25, 0.3) is 0 Å². The van der Waals surface area contributed by atoms with Crippen LogP contribution >= 0.6 is 0 Å². The van der Waals surface area contributed by atoms with Gasteiger partial charge >= 0.3 is 5.97 Å². The van der Waals surface area contributed by atoms with Gasteiger partial charge in [0.05, 0.1) is 7.11 Å². The number of esters is 1. The van der Waals surface area contributed by atoms with E-state index in [1.165, 1.54) is 90.6 Å². The van der Waals surface area contributed by atoms with E-state index in [2.05, 4.69) is 23.8 Å².